The number of halogens is 1. The van der Waals surface area contributed by atoms with Crippen molar-refractivity contribution in [3.8, 4) is 0 Å². The summed E-state index contributed by atoms with van der Waals surface area (Å²) in [5.74, 6) is 0.775. The van der Waals surface area contributed by atoms with Gasteiger partial charge in [0.15, 0.2) is 4.67 Å². The first-order valence-corrected chi connectivity index (χ1v) is 5.94. The number of furan rings is 1. The van der Waals surface area contributed by atoms with Gasteiger partial charge in [0.25, 0.3) is 0 Å². The lowest BCUT2D eigenvalue weighted by atomic mass is 10.0. The second kappa shape index (κ2) is 4.44. The van der Waals surface area contributed by atoms with Crippen LogP contribution < -0.4 is 5.73 Å². The maximum absolute atomic E-state index is 6.15. The van der Waals surface area contributed by atoms with Gasteiger partial charge in [-0.2, -0.15) is 0 Å². The predicted molar refractivity (Wildman–Crippen MR) is 68.4 cm³/mol. The lowest BCUT2D eigenvalue weighted by Gasteiger charge is -2.11. The van der Waals surface area contributed by atoms with Crippen molar-refractivity contribution in [2.24, 2.45) is 5.73 Å². The van der Waals surface area contributed by atoms with Crippen molar-refractivity contribution >= 4 is 15.9 Å². The minimum atomic E-state index is -0.204. The molecule has 2 rings (SSSR count). The Morgan fingerprint density at radius 3 is 2.25 bits per heavy atom. The number of aryl methyl sites for hydroxylation is 2. The van der Waals surface area contributed by atoms with Crippen molar-refractivity contribution in [2.75, 3.05) is 0 Å². The number of hydrogen-bond donors (Lipinski definition) is 1. The van der Waals surface area contributed by atoms with Crippen molar-refractivity contribution in [1.29, 1.82) is 0 Å². The topological polar surface area (TPSA) is 39.2 Å². The first-order valence-electron chi connectivity index (χ1n) is 5.15. The first-order chi connectivity index (χ1) is 7.56. The van der Waals surface area contributed by atoms with E-state index in [1.165, 1.54) is 11.1 Å². The molecule has 1 aromatic heterocycles. The summed E-state index contributed by atoms with van der Waals surface area (Å²) in [6.45, 7) is 4.14. The Morgan fingerprint density at radius 2 is 1.75 bits per heavy atom. The Hall–Kier alpha value is -1.06. The van der Waals surface area contributed by atoms with Crippen molar-refractivity contribution in [2.45, 2.75) is 19.9 Å². The molecule has 2 aromatic rings. The average Bonchev–Trinajstić information content (AvgIpc) is 2.62. The molecule has 1 atom stereocenters. The molecule has 1 aromatic carbocycles. The molecule has 0 aliphatic carbocycles. The third-order valence-corrected chi connectivity index (χ3v) is 2.93. The third kappa shape index (κ3) is 2.36. The van der Waals surface area contributed by atoms with Crippen LogP contribution in [0.25, 0.3) is 0 Å². The van der Waals surface area contributed by atoms with Crippen LogP contribution in [0.2, 0.25) is 0 Å². The maximum atomic E-state index is 6.15. The normalized spacial score (nSPS) is 12.8. The minimum Gasteiger partial charge on any atom is -0.452 e. The quantitative estimate of drug-likeness (QED) is 0.910. The predicted octanol–water partition coefficient (Wildman–Crippen LogP) is 3.71. The van der Waals surface area contributed by atoms with Crippen molar-refractivity contribution in [3.05, 3.63) is 57.5 Å². The van der Waals surface area contributed by atoms with Crippen LogP contribution in [-0.2, 0) is 0 Å². The smallest absolute Gasteiger partial charge is 0.169 e. The molecule has 2 N–H and O–H groups in total. The van der Waals surface area contributed by atoms with Crippen LogP contribution in [0, 0.1) is 13.8 Å². The fourth-order valence-corrected chi connectivity index (χ4v) is 2.17. The van der Waals surface area contributed by atoms with Gasteiger partial charge in [0.2, 0.25) is 0 Å². The Labute approximate surface area is 104 Å². The standard InChI is InChI=1S/C13H14BrNO/c1-8-5-9(2)7-10(6-8)13(15)11-3-4-12(14)16-11/h3-7,13H,15H2,1-2H3. The van der Waals surface area contributed by atoms with E-state index < -0.39 is 0 Å². The van der Waals surface area contributed by atoms with Gasteiger partial charge in [-0.05, 0) is 47.5 Å². The van der Waals surface area contributed by atoms with E-state index in [0.29, 0.717) is 4.67 Å². The number of nitrogens with two attached hydrogens (primary N) is 1. The largest absolute Gasteiger partial charge is 0.452 e. The monoisotopic (exact) mass is 279 g/mol. The molecule has 3 heteroatoms. The fraction of sp³-hybridized carbons (Fsp3) is 0.231. The first kappa shape index (κ1) is 11.4. The molecule has 0 spiro atoms. The average molecular weight is 280 g/mol. The Bertz CT molecular complexity index is 484. The van der Waals surface area contributed by atoms with Gasteiger partial charge in [-0.25, -0.2) is 0 Å². The van der Waals surface area contributed by atoms with E-state index in [2.05, 4.69) is 48.0 Å². The van der Waals surface area contributed by atoms with E-state index in [1.54, 1.807) is 0 Å². The molecule has 0 amide bonds. The molecule has 84 valence electrons. The van der Waals surface area contributed by atoms with E-state index in [1.807, 2.05) is 12.1 Å². The van der Waals surface area contributed by atoms with Crippen molar-refractivity contribution in [3.63, 3.8) is 0 Å². The molecule has 1 unspecified atom stereocenters. The van der Waals surface area contributed by atoms with Gasteiger partial charge in [0, 0.05) is 0 Å². The minimum absolute atomic E-state index is 0.204. The van der Waals surface area contributed by atoms with Gasteiger partial charge < -0.3 is 10.2 Å². The summed E-state index contributed by atoms with van der Waals surface area (Å²) in [6, 6.07) is 9.87. The van der Waals surface area contributed by atoms with Gasteiger partial charge in [-0.3, -0.25) is 0 Å². The summed E-state index contributed by atoms with van der Waals surface area (Å²) in [7, 11) is 0. The Kier molecular flexibility index (Phi) is 3.17. The molecule has 0 fully saturated rings. The third-order valence-electron chi connectivity index (χ3n) is 2.50. The number of hydrogen-bond acceptors (Lipinski definition) is 2. The van der Waals surface area contributed by atoms with Gasteiger partial charge >= 0.3 is 0 Å². The van der Waals surface area contributed by atoms with E-state index in [0.717, 1.165) is 11.3 Å². The van der Waals surface area contributed by atoms with Crippen LogP contribution in [0.5, 0.6) is 0 Å². The van der Waals surface area contributed by atoms with Crippen LogP contribution >= 0.6 is 15.9 Å². The van der Waals surface area contributed by atoms with Crippen LogP contribution in [0.4, 0.5) is 0 Å². The molecule has 0 radical (unpaired) electrons. The molecule has 0 saturated heterocycles. The SMILES string of the molecule is Cc1cc(C)cc(C(N)c2ccc(Br)o2)c1. The fourth-order valence-electron chi connectivity index (χ4n) is 1.85. The number of benzene rings is 1. The van der Waals surface area contributed by atoms with E-state index in [4.69, 9.17) is 10.2 Å². The molecular weight excluding hydrogens is 266 g/mol. The van der Waals surface area contributed by atoms with E-state index >= 15 is 0 Å². The maximum Gasteiger partial charge on any atom is 0.169 e. The summed E-state index contributed by atoms with van der Waals surface area (Å²) in [6.07, 6.45) is 0. The van der Waals surface area contributed by atoms with Gasteiger partial charge in [0.1, 0.15) is 5.76 Å². The Morgan fingerprint density at radius 1 is 1.12 bits per heavy atom. The highest BCUT2D eigenvalue weighted by Crippen LogP contribution is 2.25. The highest BCUT2D eigenvalue weighted by Gasteiger charge is 2.13. The van der Waals surface area contributed by atoms with Crippen LogP contribution in [-0.4, -0.2) is 0 Å². The molecule has 2 nitrogen and oxygen atoms in total. The highest BCUT2D eigenvalue weighted by atomic mass is 79.9. The van der Waals surface area contributed by atoms with Gasteiger partial charge in [-0.15, -0.1) is 0 Å². The second-order valence-corrected chi connectivity index (χ2v) is 4.82. The van der Waals surface area contributed by atoms with Crippen LogP contribution in [0.3, 0.4) is 0 Å². The number of rotatable bonds is 2. The molecule has 0 aliphatic heterocycles. The molecule has 16 heavy (non-hydrogen) atoms. The van der Waals surface area contributed by atoms with Gasteiger partial charge in [0.05, 0.1) is 6.04 Å². The molecular formula is C13H14BrNO. The lowest BCUT2D eigenvalue weighted by Crippen LogP contribution is -2.11. The highest BCUT2D eigenvalue weighted by molar-refractivity contribution is 9.10. The summed E-state index contributed by atoms with van der Waals surface area (Å²) in [4.78, 5) is 0. The van der Waals surface area contributed by atoms with Crippen molar-refractivity contribution in [1.82, 2.24) is 0 Å². The van der Waals surface area contributed by atoms with E-state index in [9.17, 15) is 0 Å². The molecule has 0 saturated carbocycles. The summed E-state index contributed by atoms with van der Waals surface area (Å²) < 4.78 is 6.18. The van der Waals surface area contributed by atoms with Gasteiger partial charge in [-0.1, -0.05) is 29.3 Å². The molecule has 1 heterocycles. The lowest BCUT2D eigenvalue weighted by molar-refractivity contribution is 0.470. The summed E-state index contributed by atoms with van der Waals surface area (Å²) in [5.41, 5.74) is 9.67. The second-order valence-electron chi connectivity index (χ2n) is 4.04. The molecule has 0 aliphatic rings. The summed E-state index contributed by atoms with van der Waals surface area (Å²) >= 11 is 3.28. The summed E-state index contributed by atoms with van der Waals surface area (Å²) in [5, 5.41) is 0. The zero-order valence-electron chi connectivity index (χ0n) is 9.33. The van der Waals surface area contributed by atoms with Crippen LogP contribution in [0.1, 0.15) is 28.5 Å². The van der Waals surface area contributed by atoms with E-state index in [-0.39, 0.29) is 6.04 Å². The van der Waals surface area contributed by atoms with Crippen LogP contribution in [0.15, 0.2) is 39.4 Å². The Balaban J connectivity index is 2.37. The molecule has 0 bridgehead atoms. The zero-order chi connectivity index (χ0) is 11.7. The van der Waals surface area contributed by atoms with Crippen molar-refractivity contribution < 1.29 is 4.42 Å². The zero-order valence-corrected chi connectivity index (χ0v) is 10.9.